The molecule has 0 bridgehead atoms. The molecule has 0 heterocycles. The standard InChI is InChI=1S/C9H17NS/c1-5-9(6-10)11-8(4)7(2)3/h7-9H,5H2,1-4H3. The van der Waals surface area contributed by atoms with Crippen molar-refractivity contribution in [3.8, 4) is 6.07 Å². The maximum absolute atomic E-state index is 8.69. The molecule has 0 fully saturated rings. The third kappa shape index (κ3) is 4.31. The lowest BCUT2D eigenvalue weighted by Gasteiger charge is -2.17. The van der Waals surface area contributed by atoms with E-state index >= 15 is 0 Å². The summed E-state index contributed by atoms with van der Waals surface area (Å²) in [5, 5.41) is 9.47. The molecule has 0 aromatic rings. The summed E-state index contributed by atoms with van der Waals surface area (Å²) in [4.78, 5) is 0. The highest BCUT2D eigenvalue weighted by atomic mass is 32.2. The van der Waals surface area contributed by atoms with Crippen molar-refractivity contribution in [3.63, 3.8) is 0 Å². The van der Waals surface area contributed by atoms with Gasteiger partial charge in [0.2, 0.25) is 0 Å². The lowest BCUT2D eigenvalue weighted by molar-refractivity contribution is 0.640. The average molecular weight is 171 g/mol. The van der Waals surface area contributed by atoms with E-state index in [2.05, 4.69) is 33.8 Å². The molecule has 0 aromatic carbocycles. The lowest BCUT2D eigenvalue weighted by Crippen LogP contribution is -2.11. The smallest absolute Gasteiger partial charge is 0.0916 e. The molecule has 0 saturated heterocycles. The second-order valence-corrected chi connectivity index (χ2v) is 4.70. The van der Waals surface area contributed by atoms with Crippen molar-refractivity contribution in [3.05, 3.63) is 0 Å². The van der Waals surface area contributed by atoms with Crippen LogP contribution in [-0.4, -0.2) is 10.5 Å². The summed E-state index contributed by atoms with van der Waals surface area (Å²) in [5.41, 5.74) is 0. The fraction of sp³-hybridized carbons (Fsp3) is 0.889. The quantitative estimate of drug-likeness (QED) is 0.649. The average Bonchev–Trinajstić information content (AvgIpc) is 1.99. The Balaban J connectivity index is 3.74. The molecule has 11 heavy (non-hydrogen) atoms. The van der Waals surface area contributed by atoms with Gasteiger partial charge >= 0.3 is 0 Å². The minimum Gasteiger partial charge on any atom is -0.197 e. The SMILES string of the molecule is CCC(C#N)SC(C)C(C)C. The molecule has 0 radical (unpaired) electrons. The minimum atomic E-state index is 0.187. The van der Waals surface area contributed by atoms with Gasteiger partial charge in [0, 0.05) is 5.25 Å². The minimum absolute atomic E-state index is 0.187. The van der Waals surface area contributed by atoms with Crippen LogP contribution in [0.3, 0.4) is 0 Å². The number of nitrogens with zero attached hydrogens (tertiary/aromatic N) is 1. The van der Waals surface area contributed by atoms with Crippen LogP contribution in [0.1, 0.15) is 34.1 Å². The third-order valence-electron chi connectivity index (χ3n) is 1.83. The van der Waals surface area contributed by atoms with E-state index in [1.54, 1.807) is 11.8 Å². The Morgan fingerprint density at radius 3 is 2.18 bits per heavy atom. The van der Waals surface area contributed by atoms with Gasteiger partial charge in [0.05, 0.1) is 11.3 Å². The Hall–Kier alpha value is -0.160. The van der Waals surface area contributed by atoms with Crippen LogP contribution >= 0.6 is 11.8 Å². The summed E-state index contributed by atoms with van der Waals surface area (Å²) in [6, 6.07) is 2.30. The maximum Gasteiger partial charge on any atom is 0.0916 e. The van der Waals surface area contributed by atoms with Gasteiger partial charge in [0.15, 0.2) is 0 Å². The molecular formula is C9H17NS. The molecule has 2 atom stereocenters. The second-order valence-electron chi connectivity index (χ2n) is 3.11. The highest BCUT2D eigenvalue weighted by Gasteiger charge is 2.13. The first-order chi connectivity index (χ1) is 5.11. The zero-order chi connectivity index (χ0) is 8.85. The molecule has 1 nitrogen and oxygen atoms in total. The van der Waals surface area contributed by atoms with Gasteiger partial charge in [0.1, 0.15) is 0 Å². The van der Waals surface area contributed by atoms with Crippen molar-refractivity contribution in [1.82, 2.24) is 0 Å². The van der Waals surface area contributed by atoms with E-state index in [1.165, 1.54) is 0 Å². The zero-order valence-electron chi connectivity index (χ0n) is 7.79. The van der Waals surface area contributed by atoms with Crippen molar-refractivity contribution < 1.29 is 0 Å². The first-order valence-electron chi connectivity index (χ1n) is 4.16. The number of hydrogen-bond acceptors (Lipinski definition) is 2. The molecule has 0 aliphatic heterocycles. The number of hydrogen-bond donors (Lipinski definition) is 0. The van der Waals surface area contributed by atoms with Gasteiger partial charge < -0.3 is 0 Å². The molecule has 0 spiro atoms. The van der Waals surface area contributed by atoms with Crippen LogP contribution in [0.5, 0.6) is 0 Å². The van der Waals surface area contributed by atoms with Crippen LogP contribution in [0.2, 0.25) is 0 Å². The highest BCUT2D eigenvalue weighted by Crippen LogP contribution is 2.24. The molecule has 2 unspecified atom stereocenters. The predicted molar refractivity (Wildman–Crippen MR) is 51.6 cm³/mol. The van der Waals surface area contributed by atoms with Crippen LogP contribution in [0.4, 0.5) is 0 Å². The number of thioether (sulfide) groups is 1. The molecule has 64 valence electrons. The van der Waals surface area contributed by atoms with E-state index in [0.29, 0.717) is 11.2 Å². The van der Waals surface area contributed by atoms with E-state index in [0.717, 1.165) is 6.42 Å². The normalized spacial score (nSPS) is 16.0. The molecule has 0 aliphatic carbocycles. The van der Waals surface area contributed by atoms with Gasteiger partial charge in [-0.15, -0.1) is 11.8 Å². The zero-order valence-corrected chi connectivity index (χ0v) is 8.61. The van der Waals surface area contributed by atoms with E-state index < -0.39 is 0 Å². The van der Waals surface area contributed by atoms with Crippen molar-refractivity contribution >= 4 is 11.8 Å². The summed E-state index contributed by atoms with van der Waals surface area (Å²) in [6.07, 6.45) is 0.957. The van der Waals surface area contributed by atoms with Crippen LogP contribution in [0.15, 0.2) is 0 Å². The monoisotopic (exact) mass is 171 g/mol. The lowest BCUT2D eigenvalue weighted by atomic mass is 10.2. The van der Waals surface area contributed by atoms with Crippen molar-refractivity contribution in [2.75, 3.05) is 0 Å². The molecule has 0 aliphatic rings. The van der Waals surface area contributed by atoms with Gasteiger partial charge in [-0.1, -0.05) is 27.7 Å². The molecule has 0 amide bonds. The molecule has 0 rings (SSSR count). The third-order valence-corrected chi connectivity index (χ3v) is 3.57. The summed E-state index contributed by atoms with van der Waals surface area (Å²) < 4.78 is 0. The summed E-state index contributed by atoms with van der Waals surface area (Å²) >= 11 is 1.79. The van der Waals surface area contributed by atoms with Gasteiger partial charge in [-0.3, -0.25) is 0 Å². The molecular weight excluding hydrogens is 154 g/mol. The van der Waals surface area contributed by atoms with Crippen LogP contribution in [-0.2, 0) is 0 Å². The Kier molecular flexibility index (Phi) is 5.41. The van der Waals surface area contributed by atoms with Gasteiger partial charge in [-0.25, -0.2) is 0 Å². The molecule has 0 saturated carbocycles. The second kappa shape index (κ2) is 5.49. The first-order valence-corrected chi connectivity index (χ1v) is 5.11. The van der Waals surface area contributed by atoms with E-state index in [-0.39, 0.29) is 5.25 Å². The Bertz CT molecular complexity index is 137. The molecule has 2 heteroatoms. The van der Waals surface area contributed by atoms with Gasteiger partial charge in [-0.05, 0) is 12.3 Å². The maximum atomic E-state index is 8.69. The van der Waals surface area contributed by atoms with Crippen molar-refractivity contribution in [1.29, 1.82) is 5.26 Å². The molecule has 0 aromatic heterocycles. The van der Waals surface area contributed by atoms with E-state index in [4.69, 9.17) is 5.26 Å². The predicted octanol–water partition coefficient (Wildman–Crippen LogP) is 3.07. The van der Waals surface area contributed by atoms with Crippen molar-refractivity contribution in [2.24, 2.45) is 5.92 Å². The number of rotatable bonds is 4. The highest BCUT2D eigenvalue weighted by molar-refractivity contribution is 8.00. The fourth-order valence-corrected chi connectivity index (χ4v) is 1.72. The van der Waals surface area contributed by atoms with Crippen LogP contribution < -0.4 is 0 Å². The Labute approximate surface area is 74.2 Å². The van der Waals surface area contributed by atoms with E-state index in [9.17, 15) is 0 Å². The summed E-state index contributed by atoms with van der Waals surface area (Å²) in [6.45, 7) is 8.65. The summed E-state index contributed by atoms with van der Waals surface area (Å²) in [7, 11) is 0. The largest absolute Gasteiger partial charge is 0.197 e. The topological polar surface area (TPSA) is 23.8 Å². The fourth-order valence-electron chi connectivity index (χ4n) is 0.634. The molecule has 0 N–H and O–H groups in total. The number of nitriles is 1. The summed E-state index contributed by atoms with van der Waals surface area (Å²) in [5.74, 6) is 0.669. The van der Waals surface area contributed by atoms with E-state index in [1.807, 2.05) is 0 Å². The Morgan fingerprint density at radius 2 is 1.91 bits per heavy atom. The van der Waals surface area contributed by atoms with Gasteiger partial charge in [-0.2, -0.15) is 5.26 Å². The van der Waals surface area contributed by atoms with Gasteiger partial charge in [0.25, 0.3) is 0 Å². The first kappa shape index (κ1) is 10.8. The van der Waals surface area contributed by atoms with Crippen LogP contribution in [0.25, 0.3) is 0 Å². The van der Waals surface area contributed by atoms with Crippen molar-refractivity contribution in [2.45, 2.75) is 44.6 Å². The Morgan fingerprint density at radius 1 is 1.36 bits per heavy atom. The van der Waals surface area contributed by atoms with Crippen LogP contribution in [0, 0.1) is 17.2 Å².